The Morgan fingerprint density at radius 2 is 1.95 bits per heavy atom. The molecule has 2 aromatic rings. The molecule has 0 bridgehead atoms. The van der Waals surface area contributed by atoms with Crippen LogP contribution in [-0.2, 0) is 11.3 Å². The van der Waals surface area contributed by atoms with Crippen LogP contribution in [-0.4, -0.2) is 23.9 Å². The van der Waals surface area contributed by atoms with E-state index < -0.39 is 0 Å². The number of nitrogens with one attached hydrogen (secondary N) is 1. The lowest BCUT2D eigenvalue weighted by Crippen LogP contribution is -2.39. The molecule has 0 fully saturated rings. The molecule has 1 unspecified atom stereocenters. The maximum atomic E-state index is 13.2. The topological polar surface area (TPSA) is 32.3 Å². The minimum absolute atomic E-state index is 0.0757. The summed E-state index contributed by atoms with van der Waals surface area (Å²) in [6.07, 6.45) is 0. The summed E-state index contributed by atoms with van der Waals surface area (Å²) in [6, 6.07) is 13.8. The van der Waals surface area contributed by atoms with Crippen LogP contribution in [0.5, 0.6) is 0 Å². The highest BCUT2D eigenvalue weighted by molar-refractivity contribution is 5.95. The standard InChI is InChI=1S/C18H21FN2O/c1-13-7-4-5-10-17(13)20-18(22)14(2)21(3)12-15-8-6-9-16(19)11-15/h4-11,14H,12H2,1-3H3,(H,20,22). The number of rotatable bonds is 5. The van der Waals surface area contributed by atoms with Gasteiger partial charge >= 0.3 is 0 Å². The third kappa shape index (κ3) is 4.15. The Balaban J connectivity index is 1.99. The third-order valence-corrected chi connectivity index (χ3v) is 3.76. The van der Waals surface area contributed by atoms with Crippen LogP contribution in [0.15, 0.2) is 48.5 Å². The maximum absolute atomic E-state index is 13.2. The zero-order valence-corrected chi connectivity index (χ0v) is 13.1. The second-order valence-electron chi connectivity index (χ2n) is 5.53. The number of anilines is 1. The van der Waals surface area contributed by atoms with E-state index in [9.17, 15) is 9.18 Å². The molecule has 1 atom stereocenters. The van der Waals surface area contributed by atoms with Crippen LogP contribution in [0.25, 0.3) is 0 Å². The second-order valence-corrected chi connectivity index (χ2v) is 5.53. The van der Waals surface area contributed by atoms with E-state index >= 15 is 0 Å². The Kier molecular flexibility index (Phi) is 5.28. The second kappa shape index (κ2) is 7.18. The number of para-hydroxylation sites is 1. The summed E-state index contributed by atoms with van der Waals surface area (Å²) < 4.78 is 13.2. The van der Waals surface area contributed by atoms with Gasteiger partial charge in [-0.15, -0.1) is 0 Å². The molecule has 0 aliphatic heterocycles. The predicted molar refractivity (Wildman–Crippen MR) is 87.1 cm³/mol. The van der Waals surface area contributed by atoms with E-state index in [4.69, 9.17) is 0 Å². The maximum Gasteiger partial charge on any atom is 0.241 e. The minimum atomic E-state index is -0.317. The number of aryl methyl sites for hydroxylation is 1. The first-order valence-electron chi connectivity index (χ1n) is 7.28. The van der Waals surface area contributed by atoms with E-state index in [1.54, 1.807) is 6.07 Å². The van der Waals surface area contributed by atoms with Crippen LogP contribution in [0.3, 0.4) is 0 Å². The van der Waals surface area contributed by atoms with Gasteiger partial charge in [0.25, 0.3) is 0 Å². The fraction of sp³-hybridized carbons (Fsp3) is 0.278. The largest absolute Gasteiger partial charge is 0.324 e. The monoisotopic (exact) mass is 300 g/mol. The average molecular weight is 300 g/mol. The number of hydrogen-bond donors (Lipinski definition) is 1. The lowest BCUT2D eigenvalue weighted by Gasteiger charge is -2.24. The highest BCUT2D eigenvalue weighted by Gasteiger charge is 2.18. The van der Waals surface area contributed by atoms with Gasteiger partial charge in [0.1, 0.15) is 5.82 Å². The van der Waals surface area contributed by atoms with Crippen molar-refractivity contribution in [1.82, 2.24) is 4.90 Å². The van der Waals surface area contributed by atoms with Crippen LogP contribution < -0.4 is 5.32 Å². The highest BCUT2D eigenvalue weighted by atomic mass is 19.1. The van der Waals surface area contributed by atoms with Crippen molar-refractivity contribution in [2.24, 2.45) is 0 Å². The minimum Gasteiger partial charge on any atom is -0.324 e. The molecule has 0 radical (unpaired) electrons. The lowest BCUT2D eigenvalue weighted by atomic mass is 10.1. The van der Waals surface area contributed by atoms with Crippen molar-refractivity contribution < 1.29 is 9.18 Å². The smallest absolute Gasteiger partial charge is 0.241 e. The molecule has 0 aliphatic rings. The summed E-state index contributed by atoms with van der Waals surface area (Å²) in [6.45, 7) is 4.31. The fourth-order valence-corrected chi connectivity index (χ4v) is 2.21. The van der Waals surface area contributed by atoms with E-state index in [1.807, 2.05) is 56.1 Å². The molecule has 1 N–H and O–H groups in total. The Labute approximate surface area is 130 Å². The summed E-state index contributed by atoms with van der Waals surface area (Å²) in [4.78, 5) is 14.2. The molecular formula is C18H21FN2O. The summed E-state index contributed by atoms with van der Waals surface area (Å²) in [5, 5.41) is 2.93. The van der Waals surface area contributed by atoms with Gasteiger partial charge in [0.2, 0.25) is 5.91 Å². The number of benzene rings is 2. The van der Waals surface area contributed by atoms with Gasteiger partial charge in [-0.1, -0.05) is 30.3 Å². The van der Waals surface area contributed by atoms with Gasteiger partial charge < -0.3 is 5.32 Å². The molecule has 3 nitrogen and oxygen atoms in total. The van der Waals surface area contributed by atoms with E-state index in [2.05, 4.69) is 5.32 Å². The average Bonchev–Trinajstić information content (AvgIpc) is 2.48. The molecule has 1 amide bonds. The molecule has 2 rings (SSSR count). The summed E-state index contributed by atoms with van der Waals surface area (Å²) in [7, 11) is 1.85. The molecule has 22 heavy (non-hydrogen) atoms. The first kappa shape index (κ1) is 16.2. The van der Waals surface area contributed by atoms with Crippen LogP contribution in [0.1, 0.15) is 18.1 Å². The zero-order chi connectivity index (χ0) is 16.1. The molecule has 0 spiro atoms. The lowest BCUT2D eigenvalue weighted by molar-refractivity contribution is -0.120. The normalized spacial score (nSPS) is 12.2. The fourth-order valence-electron chi connectivity index (χ4n) is 2.21. The predicted octanol–water partition coefficient (Wildman–Crippen LogP) is 3.59. The van der Waals surface area contributed by atoms with E-state index in [0.717, 1.165) is 16.8 Å². The van der Waals surface area contributed by atoms with Crippen molar-refractivity contribution >= 4 is 11.6 Å². The Bertz CT molecular complexity index is 657. The van der Waals surface area contributed by atoms with Crippen molar-refractivity contribution in [3.63, 3.8) is 0 Å². The van der Waals surface area contributed by atoms with Gasteiger partial charge in [0.05, 0.1) is 6.04 Å². The molecule has 0 saturated heterocycles. The van der Waals surface area contributed by atoms with Crippen molar-refractivity contribution in [3.05, 3.63) is 65.5 Å². The van der Waals surface area contributed by atoms with Gasteiger partial charge in [-0.25, -0.2) is 4.39 Å². The van der Waals surface area contributed by atoms with Gasteiger partial charge in [0, 0.05) is 12.2 Å². The number of carbonyl (C=O) groups excluding carboxylic acids is 1. The molecule has 0 saturated carbocycles. The number of halogens is 1. The van der Waals surface area contributed by atoms with Crippen molar-refractivity contribution in [2.75, 3.05) is 12.4 Å². The van der Waals surface area contributed by atoms with Gasteiger partial charge in [-0.05, 0) is 50.2 Å². The van der Waals surface area contributed by atoms with Crippen LogP contribution in [0.4, 0.5) is 10.1 Å². The van der Waals surface area contributed by atoms with Crippen molar-refractivity contribution in [3.8, 4) is 0 Å². The molecule has 2 aromatic carbocycles. The van der Waals surface area contributed by atoms with Crippen molar-refractivity contribution in [2.45, 2.75) is 26.4 Å². The first-order valence-corrected chi connectivity index (χ1v) is 7.28. The van der Waals surface area contributed by atoms with E-state index in [-0.39, 0.29) is 17.8 Å². The molecule has 0 aromatic heterocycles. The SMILES string of the molecule is Cc1ccccc1NC(=O)C(C)N(C)Cc1cccc(F)c1. The quantitative estimate of drug-likeness (QED) is 0.915. The van der Waals surface area contributed by atoms with Crippen molar-refractivity contribution in [1.29, 1.82) is 0 Å². The molecule has 4 heteroatoms. The van der Waals surface area contributed by atoms with Gasteiger partial charge in [-0.3, -0.25) is 9.69 Å². The van der Waals surface area contributed by atoms with Crippen LogP contribution in [0, 0.1) is 12.7 Å². The molecule has 0 aliphatic carbocycles. The molecule has 0 heterocycles. The number of likely N-dealkylation sites (N-methyl/N-ethyl adjacent to an activating group) is 1. The number of hydrogen-bond acceptors (Lipinski definition) is 2. The summed E-state index contributed by atoms with van der Waals surface area (Å²) in [5.74, 6) is -0.337. The van der Waals surface area contributed by atoms with Crippen LogP contribution >= 0.6 is 0 Å². The first-order chi connectivity index (χ1) is 10.5. The zero-order valence-electron chi connectivity index (χ0n) is 13.1. The van der Waals surface area contributed by atoms with Gasteiger partial charge in [-0.2, -0.15) is 0 Å². The van der Waals surface area contributed by atoms with E-state index in [0.29, 0.717) is 6.54 Å². The molecule has 116 valence electrons. The number of amides is 1. The number of carbonyl (C=O) groups is 1. The molecular weight excluding hydrogens is 279 g/mol. The summed E-state index contributed by atoms with van der Waals surface area (Å²) >= 11 is 0. The van der Waals surface area contributed by atoms with Gasteiger partial charge in [0.15, 0.2) is 0 Å². The number of nitrogens with zero attached hydrogens (tertiary/aromatic N) is 1. The Morgan fingerprint density at radius 3 is 2.64 bits per heavy atom. The Morgan fingerprint density at radius 1 is 1.23 bits per heavy atom. The van der Waals surface area contributed by atoms with Crippen LogP contribution in [0.2, 0.25) is 0 Å². The highest BCUT2D eigenvalue weighted by Crippen LogP contribution is 2.15. The Hall–Kier alpha value is -2.20. The van der Waals surface area contributed by atoms with E-state index in [1.165, 1.54) is 12.1 Å². The summed E-state index contributed by atoms with van der Waals surface area (Å²) in [5.41, 5.74) is 2.69. The third-order valence-electron chi connectivity index (χ3n) is 3.76.